The highest BCUT2D eigenvalue weighted by atomic mass is 35.5. The summed E-state index contributed by atoms with van der Waals surface area (Å²) in [6.07, 6.45) is 0.838. The number of rotatable bonds is 7. The van der Waals surface area contributed by atoms with Gasteiger partial charge in [-0.2, -0.15) is 0 Å². The molecule has 4 heteroatoms. The Morgan fingerprint density at radius 1 is 1.33 bits per heavy atom. The molecule has 1 rings (SSSR count). The van der Waals surface area contributed by atoms with Gasteiger partial charge in [-0.15, -0.1) is 0 Å². The second-order valence-corrected chi connectivity index (χ2v) is 5.28. The first-order valence-corrected chi connectivity index (χ1v) is 6.47. The van der Waals surface area contributed by atoms with Gasteiger partial charge in [0.2, 0.25) is 0 Å². The average molecular weight is 272 g/mol. The summed E-state index contributed by atoms with van der Waals surface area (Å²) in [4.78, 5) is 0. The number of benzene rings is 1. The van der Waals surface area contributed by atoms with Gasteiger partial charge >= 0.3 is 0 Å². The number of hydrogen-bond donors (Lipinski definition) is 1. The van der Waals surface area contributed by atoms with Crippen molar-refractivity contribution in [1.82, 2.24) is 5.32 Å². The highest BCUT2D eigenvalue weighted by molar-refractivity contribution is 6.30. The van der Waals surface area contributed by atoms with E-state index in [9.17, 15) is 0 Å². The van der Waals surface area contributed by atoms with E-state index in [0.717, 1.165) is 29.3 Å². The van der Waals surface area contributed by atoms with Crippen LogP contribution in [-0.2, 0) is 11.3 Å². The molecule has 1 aromatic carbocycles. The maximum absolute atomic E-state index is 5.98. The van der Waals surface area contributed by atoms with E-state index >= 15 is 0 Å². The largest absolute Gasteiger partial charge is 0.493 e. The van der Waals surface area contributed by atoms with Crippen LogP contribution in [0, 0.1) is 0 Å². The fourth-order valence-electron chi connectivity index (χ4n) is 1.53. The average Bonchev–Trinajstić information content (AvgIpc) is 2.32. The summed E-state index contributed by atoms with van der Waals surface area (Å²) in [6.45, 7) is 5.46. The van der Waals surface area contributed by atoms with Crippen molar-refractivity contribution in [3.8, 4) is 5.75 Å². The molecule has 0 aliphatic rings. The smallest absolute Gasteiger partial charge is 0.123 e. The summed E-state index contributed by atoms with van der Waals surface area (Å²) in [5.74, 6) is 0.876. The van der Waals surface area contributed by atoms with Gasteiger partial charge < -0.3 is 14.8 Å². The minimum atomic E-state index is -0.157. The van der Waals surface area contributed by atoms with Crippen molar-refractivity contribution in [2.45, 2.75) is 32.4 Å². The molecule has 0 aromatic heterocycles. The Morgan fingerprint density at radius 2 is 2.06 bits per heavy atom. The van der Waals surface area contributed by atoms with Crippen LogP contribution in [0.5, 0.6) is 5.75 Å². The molecule has 0 saturated heterocycles. The van der Waals surface area contributed by atoms with Crippen LogP contribution in [0.1, 0.15) is 25.8 Å². The van der Waals surface area contributed by atoms with Crippen LogP contribution in [0.3, 0.4) is 0 Å². The van der Waals surface area contributed by atoms with Gasteiger partial charge in [-0.3, -0.25) is 0 Å². The standard InChI is InChI=1S/C14H22ClNO2/c1-14(2,17-4)7-8-18-13-6-5-12(15)9-11(13)10-16-3/h5-6,9,16H,7-8,10H2,1-4H3. The maximum atomic E-state index is 5.98. The zero-order valence-electron chi connectivity index (χ0n) is 11.5. The third-order valence-corrected chi connectivity index (χ3v) is 3.14. The molecule has 0 spiro atoms. The first-order chi connectivity index (χ1) is 8.48. The van der Waals surface area contributed by atoms with Gasteiger partial charge in [0.15, 0.2) is 0 Å². The van der Waals surface area contributed by atoms with E-state index < -0.39 is 0 Å². The first-order valence-electron chi connectivity index (χ1n) is 6.09. The molecular weight excluding hydrogens is 250 g/mol. The van der Waals surface area contributed by atoms with Crippen LogP contribution in [0.25, 0.3) is 0 Å². The van der Waals surface area contributed by atoms with Crippen LogP contribution in [0.4, 0.5) is 0 Å². The van der Waals surface area contributed by atoms with Gasteiger partial charge in [0.05, 0.1) is 12.2 Å². The molecule has 0 saturated carbocycles. The molecule has 18 heavy (non-hydrogen) atoms. The lowest BCUT2D eigenvalue weighted by Crippen LogP contribution is -2.25. The Balaban J connectivity index is 2.61. The van der Waals surface area contributed by atoms with E-state index in [4.69, 9.17) is 21.1 Å². The Hall–Kier alpha value is -0.770. The van der Waals surface area contributed by atoms with E-state index in [2.05, 4.69) is 5.32 Å². The summed E-state index contributed by atoms with van der Waals surface area (Å²) < 4.78 is 11.2. The zero-order chi connectivity index (χ0) is 13.6. The zero-order valence-corrected chi connectivity index (χ0v) is 12.3. The predicted octanol–water partition coefficient (Wildman–Crippen LogP) is 3.25. The van der Waals surface area contributed by atoms with Crippen molar-refractivity contribution in [1.29, 1.82) is 0 Å². The molecular formula is C14H22ClNO2. The minimum absolute atomic E-state index is 0.157. The Labute approximate surface area is 114 Å². The molecule has 102 valence electrons. The van der Waals surface area contributed by atoms with Crippen molar-refractivity contribution in [2.24, 2.45) is 0 Å². The van der Waals surface area contributed by atoms with Crippen molar-refractivity contribution >= 4 is 11.6 Å². The molecule has 0 aliphatic carbocycles. The van der Waals surface area contributed by atoms with E-state index in [1.807, 2.05) is 39.1 Å². The third-order valence-electron chi connectivity index (χ3n) is 2.90. The maximum Gasteiger partial charge on any atom is 0.123 e. The Kier molecular flexibility index (Phi) is 5.93. The van der Waals surface area contributed by atoms with E-state index in [0.29, 0.717) is 6.61 Å². The molecule has 0 aliphatic heterocycles. The molecule has 0 unspecified atom stereocenters. The fourth-order valence-corrected chi connectivity index (χ4v) is 1.72. The fraction of sp³-hybridized carbons (Fsp3) is 0.571. The summed E-state index contributed by atoms with van der Waals surface area (Å²) in [6, 6.07) is 5.68. The highest BCUT2D eigenvalue weighted by Crippen LogP contribution is 2.24. The van der Waals surface area contributed by atoms with Gasteiger partial charge in [-0.05, 0) is 39.1 Å². The second-order valence-electron chi connectivity index (χ2n) is 4.84. The van der Waals surface area contributed by atoms with E-state index in [-0.39, 0.29) is 5.60 Å². The van der Waals surface area contributed by atoms with E-state index in [1.165, 1.54) is 0 Å². The van der Waals surface area contributed by atoms with Crippen molar-refractivity contribution in [3.63, 3.8) is 0 Å². The van der Waals surface area contributed by atoms with E-state index in [1.54, 1.807) is 7.11 Å². The molecule has 0 radical (unpaired) electrons. The summed E-state index contributed by atoms with van der Waals surface area (Å²) >= 11 is 5.98. The van der Waals surface area contributed by atoms with Gasteiger partial charge in [0.1, 0.15) is 5.75 Å². The van der Waals surface area contributed by atoms with Crippen LogP contribution >= 0.6 is 11.6 Å². The molecule has 0 atom stereocenters. The Bertz CT molecular complexity index is 380. The quantitative estimate of drug-likeness (QED) is 0.826. The molecule has 1 N–H and O–H groups in total. The van der Waals surface area contributed by atoms with Crippen molar-refractivity contribution in [3.05, 3.63) is 28.8 Å². The lowest BCUT2D eigenvalue weighted by Gasteiger charge is -2.23. The predicted molar refractivity (Wildman–Crippen MR) is 75.4 cm³/mol. The van der Waals surface area contributed by atoms with Gasteiger partial charge in [0, 0.05) is 30.7 Å². The first kappa shape index (κ1) is 15.3. The lowest BCUT2D eigenvalue weighted by atomic mass is 10.1. The van der Waals surface area contributed by atoms with Gasteiger partial charge in [-0.25, -0.2) is 0 Å². The molecule has 0 bridgehead atoms. The number of hydrogen-bond acceptors (Lipinski definition) is 3. The lowest BCUT2D eigenvalue weighted by molar-refractivity contribution is 0.00537. The highest BCUT2D eigenvalue weighted by Gasteiger charge is 2.16. The molecule has 0 amide bonds. The third kappa shape index (κ3) is 4.84. The number of halogens is 1. The molecule has 0 fully saturated rings. The summed E-state index contributed by atoms with van der Waals surface area (Å²) in [5, 5.41) is 3.83. The van der Waals surface area contributed by atoms with Crippen molar-refractivity contribution < 1.29 is 9.47 Å². The number of ether oxygens (including phenoxy) is 2. The van der Waals surface area contributed by atoms with Crippen LogP contribution in [0.2, 0.25) is 5.02 Å². The summed E-state index contributed by atoms with van der Waals surface area (Å²) in [7, 11) is 3.62. The van der Waals surface area contributed by atoms with Gasteiger partial charge in [0.25, 0.3) is 0 Å². The number of methoxy groups -OCH3 is 1. The molecule has 0 heterocycles. The van der Waals surface area contributed by atoms with Crippen LogP contribution < -0.4 is 10.1 Å². The normalized spacial score (nSPS) is 11.6. The van der Waals surface area contributed by atoms with Gasteiger partial charge in [-0.1, -0.05) is 11.6 Å². The van der Waals surface area contributed by atoms with Crippen LogP contribution in [-0.4, -0.2) is 26.4 Å². The monoisotopic (exact) mass is 271 g/mol. The Morgan fingerprint density at radius 3 is 2.67 bits per heavy atom. The SMILES string of the molecule is CNCc1cc(Cl)ccc1OCCC(C)(C)OC. The topological polar surface area (TPSA) is 30.5 Å². The molecule has 3 nitrogen and oxygen atoms in total. The summed E-state index contributed by atoms with van der Waals surface area (Å²) in [5.41, 5.74) is 0.913. The minimum Gasteiger partial charge on any atom is -0.493 e. The van der Waals surface area contributed by atoms with Crippen molar-refractivity contribution in [2.75, 3.05) is 20.8 Å². The number of nitrogens with one attached hydrogen (secondary N) is 1. The second kappa shape index (κ2) is 6.98. The van der Waals surface area contributed by atoms with Crippen LogP contribution in [0.15, 0.2) is 18.2 Å². The molecule has 1 aromatic rings.